The largest absolute Gasteiger partial charge is 0.507 e. The van der Waals surface area contributed by atoms with Crippen LogP contribution < -0.4 is 10.7 Å². The Morgan fingerprint density at radius 1 is 1.45 bits per heavy atom. The van der Waals surface area contributed by atoms with Gasteiger partial charge >= 0.3 is 11.8 Å². The second kappa shape index (κ2) is 7.77. The average Bonchev–Trinajstić information content (AvgIpc) is 3.01. The molecule has 0 saturated carbocycles. The van der Waals surface area contributed by atoms with E-state index in [0.717, 1.165) is 12.8 Å². The van der Waals surface area contributed by atoms with Gasteiger partial charge in [0.05, 0.1) is 12.3 Å². The first-order chi connectivity index (χ1) is 10.6. The minimum atomic E-state index is -0.893. The lowest BCUT2D eigenvalue weighted by atomic mass is 10.2. The fourth-order valence-corrected chi connectivity index (χ4v) is 2.11. The first kappa shape index (κ1) is 16.3. The maximum Gasteiger partial charge on any atom is 0.329 e. The topological polar surface area (TPSA) is 100 Å². The van der Waals surface area contributed by atoms with E-state index in [1.807, 2.05) is 0 Å². The number of hydrogen-bond acceptors (Lipinski definition) is 5. The zero-order valence-electron chi connectivity index (χ0n) is 11.7. The molecule has 118 valence electrons. The normalized spacial score (nSPS) is 17.6. The van der Waals surface area contributed by atoms with Crippen molar-refractivity contribution in [2.45, 2.75) is 18.9 Å². The van der Waals surface area contributed by atoms with E-state index in [4.69, 9.17) is 16.3 Å². The Bertz CT molecular complexity index is 585. The predicted octanol–water partition coefficient (Wildman–Crippen LogP) is 0.791. The highest BCUT2D eigenvalue weighted by molar-refractivity contribution is 6.35. The van der Waals surface area contributed by atoms with Crippen LogP contribution in [-0.4, -0.2) is 42.4 Å². The van der Waals surface area contributed by atoms with Crippen molar-refractivity contribution >= 4 is 29.6 Å². The van der Waals surface area contributed by atoms with Crippen molar-refractivity contribution < 1.29 is 19.4 Å². The Labute approximate surface area is 132 Å². The van der Waals surface area contributed by atoms with Gasteiger partial charge in [0.15, 0.2) is 0 Å². The van der Waals surface area contributed by atoms with Crippen LogP contribution in [0, 0.1) is 0 Å². The SMILES string of the molecule is O=C(NC[C@H]1CCCO1)C(=O)N/N=C/c1cc(Cl)ccc1O. The molecule has 0 aliphatic carbocycles. The molecule has 0 aromatic heterocycles. The van der Waals surface area contributed by atoms with Gasteiger partial charge < -0.3 is 15.2 Å². The van der Waals surface area contributed by atoms with Gasteiger partial charge in [0.2, 0.25) is 0 Å². The number of benzene rings is 1. The van der Waals surface area contributed by atoms with Gasteiger partial charge in [-0.25, -0.2) is 5.43 Å². The fraction of sp³-hybridized carbons (Fsp3) is 0.357. The van der Waals surface area contributed by atoms with Gasteiger partial charge in [-0.3, -0.25) is 9.59 Å². The van der Waals surface area contributed by atoms with E-state index in [0.29, 0.717) is 23.7 Å². The van der Waals surface area contributed by atoms with Crippen LogP contribution in [0.2, 0.25) is 5.02 Å². The van der Waals surface area contributed by atoms with Crippen molar-refractivity contribution in [3.05, 3.63) is 28.8 Å². The summed E-state index contributed by atoms with van der Waals surface area (Å²) in [5.74, 6) is -1.72. The van der Waals surface area contributed by atoms with Gasteiger partial charge in [-0.15, -0.1) is 0 Å². The first-order valence-electron chi connectivity index (χ1n) is 6.77. The molecule has 1 fully saturated rings. The molecule has 3 N–H and O–H groups in total. The second-order valence-corrected chi connectivity index (χ2v) is 5.18. The molecule has 7 nitrogen and oxygen atoms in total. The molecule has 1 aromatic rings. The van der Waals surface area contributed by atoms with Crippen molar-refractivity contribution in [2.75, 3.05) is 13.2 Å². The zero-order chi connectivity index (χ0) is 15.9. The maximum atomic E-state index is 11.5. The summed E-state index contributed by atoms with van der Waals surface area (Å²) in [4.78, 5) is 23.1. The summed E-state index contributed by atoms with van der Waals surface area (Å²) < 4.78 is 5.33. The molecule has 2 amide bonds. The number of halogens is 1. The molecular formula is C14H16ClN3O4. The number of hydrazone groups is 1. The van der Waals surface area contributed by atoms with Gasteiger partial charge in [0, 0.05) is 23.7 Å². The summed E-state index contributed by atoms with van der Waals surface area (Å²) in [6.45, 7) is 0.977. The molecule has 1 atom stereocenters. The van der Waals surface area contributed by atoms with E-state index in [-0.39, 0.29) is 11.9 Å². The van der Waals surface area contributed by atoms with Crippen molar-refractivity contribution in [3.8, 4) is 5.75 Å². The monoisotopic (exact) mass is 325 g/mol. The van der Waals surface area contributed by atoms with Crippen LogP contribution >= 0.6 is 11.6 Å². The Morgan fingerprint density at radius 3 is 3.00 bits per heavy atom. The van der Waals surface area contributed by atoms with Crippen LogP contribution in [0.4, 0.5) is 0 Å². The molecule has 2 rings (SSSR count). The number of carbonyl (C=O) groups is 2. The molecule has 0 bridgehead atoms. The van der Waals surface area contributed by atoms with Crippen LogP contribution in [0.25, 0.3) is 0 Å². The molecule has 8 heteroatoms. The zero-order valence-corrected chi connectivity index (χ0v) is 12.5. The van der Waals surface area contributed by atoms with E-state index in [2.05, 4.69) is 15.8 Å². The van der Waals surface area contributed by atoms with Gasteiger partial charge in [-0.1, -0.05) is 11.6 Å². The van der Waals surface area contributed by atoms with Crippen LogP contribution in [0.5, 0.6) is 5.75 Å². The third-order valence-corrected chi connectivity index (χ3v) is 3.31. The average molecular weight is 326 g/mol. The third-order valence-electron chi connectivity index (χ3n) is 3.08. The van der Waals surface area contributed by atoms with E-state index in [1.165, 1.54) is 24.4 Å². The third kappa shape index (κ3) is 4.71. The minimum Gasteiger partial charge on any atom is -0.507 e. The van der Waals surface area contributed by atoms with Crippen molar-refractivity contribution in [1.29, 1.82) is 0 Å². The molecule has 0 spiro atoms. The standard InChI is InChI=1S/C14H16ClN3O4/c15-10-3-4-12(19)9(6-10)7-17-18-14(21)13(20)16-8-11-2-1-5-22-11/h3-4,6-7,11,19H,1-2,5,8H2,(H,16,20)(H,18,21)/b17-7+/t11-/m1/s1. The Morgan fingerprint density at radius 2 is 2.27 bits per heavy atom. The number of carbonyl (C=O) groups excluding carboxylic acids is 2. The van der Waals surface area contributed by atoms with E-state index in [1.54, 1.807) is 0 Å². The second-order valence-electron chi connectivity index (χ2n) is 4.75. The number of aromatic hydroxyl groups is 1. The van der Waals surface area contributed by atoms with E-state index in [9.17, 15) is 14.7 Å². The Balaban J connectivity index is 1.79. The molecule has 1 aromatic carbocycles. The lowest BCUT2D eigenvalue weighted by molar-refractivity contribution is -0.139. The summed E-state index contributed by atoms with van der Waals surface area (Å²) in [6, 6.07) is 4.40. The predicted molar refractivity (Wildman–Crippen MR) is 80.8 cm³/mol. The Hall–Kier alpha value is -2.12. The smallest absolute Gasteiger partial charge is 0.329 e. The molecule has 1 aliphatic heterocycles. The van der Waals surface area contributed by atoms with Crippen molar-refractivity contribution in [3.63, 3.8) is 0 Å². The van der Waals surface area contributed by atoms with E-state index >= 15 is 0 Å². The molecular weight excluding hydrogens is 310 g/mol. The number of nitrogens with one attached hydrogen (secondary N) is 2. The highest BCUT2D eigenvalue weighted by atomic mass is 35.5. The highest BCUT2D eigenvalue weighted by Crippen LogP contribution is 2.19. The highest BCUT2D eigenvalue weighted by Gasteiger charge is 2.18. The summed E-state index contributed by atoms with van der Waals surface area (Å²) in [6.07, 6.45) is 2.99. The van der Waals surface area contributed by atoms with Crippen LogP contribution in [0.3, 0.4) is 0 Å². The maximum absolute atomic E-state index is 11.5. The summed E-state index contributed by atoms with van der Waals surface area (Å²) in [7, 11) is 0. The molecule has 1 saturated heterocycles. The van der Waals surface area contributed by atoms with Crippen LogP contribution in [0.1, 0.15) is 18.4 Å². The molecule has 0 unspecified atom stereocenters. The summed E-state index contributed by atoms with van der Waals surface area (Å²) in [5.41, 5.74) is 2.40. The summed E-state index contributed by atoms with van der Waals surface area (Å²) >= 11 is 5.78. The lowest BCUT2D eigenvalue weighted by Gasteiger charge is -2.09. The van der Waals surface area contributed by atoms with Crippen molar-refractivity contribution in [2.24, 2.45) is 5.10 Å². The first-order valence-corrected chi connectivity index (χ1v) is 7.15. The quantitative estimate of drug-likeness (QED) is 0.433. The van der Waals surface area contributed by atoms with Crippen molar-refractivity contribution in [1.82, 2.24) is 10.7 Å². The number of phenols is 1. The van der Waals surface area contributed by atoms with Crippen LogP contribution in [-0.2, 0) is 14.3 Å². The Kier molecular flexibility index (Phi) is 5.74. The number of nitrogens with zero attached hydrogens (tertiary/aromatic N) is 1. The van der Waals surface area contributed by atoms with Gasteiger partial charge in [-0.05, 0) is 31.0 Å². The van der Waals surface area contributed by atoms with Gasteiger partial charge in [0.1, 0.15) is 5.75 Å². The molecule has 1 aliphatic rings. The molecule has 22 heavy (non-hydrogen) atoms. The summed E-state index contributed by atoms with van der Waals surface area (Å²) in [5, 5.41) is 16.1. The minimum absolute atomic E-state index is 0.0368. The molecule has 1 heterocycles. The van der Waals surface area contributed by atoms with Crippen LogP contribution in [0.15, 0.2) is 23.3 Å². The fourth-order valence-electron chi connectivity index (χ4n) is 1.93. The number of rotatable bonds is 4. The number of phenolic OH excluding ortho intramolecular Hbond substituents is 1. The lowest BCUT2D eigenvalue weighted by Crippen LogP contribution is -2.41. The molecule has 0 radical (unpaired) electrons. The number of ether oxygens (including phenoxy) is 1. The van der Waals surface area contributed by atoms with Gasteiger partial charge in [0.25, 0.3) is 0 Å². The number of hydrogen-bond donors (Lipinski definition) is 3. The van der Waals surface area contributed by atoms with E-state index < -0.39 is 11.8 Å². The number of amides is 2. The van der Waals surface area contributed by atoms with Gasteiger partial charge in [-0.2, -0.15) is 5.10 Å².